The molecule has 1 saturated carbocycles. The second kappa shape index (κ2) is 8.65. The molecule has 140 valence electrons. The number of rotatable bonds is 6. The summed E-state index contributed by atoms with van der Waals surface area (Å²) in [6.45, 7) is 7.16. The first-order valence-electron chi connectivity index (χ1n) is 8.65. The lowest BCUT2D eigenvalue weighted by atomic mass is 9.87. The summed E-state index contributed by atoms with van der Waals surface area (Å²) in [6, 6.07) is 3.42. The molecule has 2 rings (SSSR count). The zero-order chi connectivity index (χ0) is 19.3. The molecule has 1 aromatic rings. The summed E-state index contributed by atoms with van der Waals surface area (Å²) in [5.74, 6) is -2.03. The van der Waals surface area contributed by atoms with Crippen LogP contribution in [-0.4, -0.2) is 29.1 Å². The van der Waals surface area contributed by atoms with E-state index in [1.54, 1.807) is 12.1 Å². The van der Waals surface area contributed by atoms with Crippen LogP contribution in [0.5, 0.6) is 0 Å². The van der Waals surface area contributed by atoms with E-state index in [0.29, 0.717) is 31.2 Å². The molecule has 0 saturated heterocycles. The van der Waals surface area contributed by atoms with Crippen molar-refractivity contribution in [1.82, 2.24) is 0 Å². The van der Waals surface area contributed by atoms with Gasteiger partial charge in [-0.25, -0.2) is 9.59 Å². The standard InChI is InChI=1S/C20H24O6/c1-4-18(21)25-11-15-7-10-17(13(3)12(15)2)20(24)26-16-8-5-14(6-9-16)19(22)23/h4,7,10,14,16H,1,5-6,8-9,11H2,2-3H3,(H,22,23). The van der Waals surface area contributed by atoms with Gasteiger partial charge in [-0.1, -0.05) is 12.6 Å². The topological polar surface area (TPSA) is 89.9 Å². The Hall–Kier alpha value is -2.63. The highest BCUT2D eigenvalue weighted by Gasteiger charge is 2.28. The maximum Gasteiger partial charge on any atom is 0.338 e. The molecule has 0 amide bonds. The highest BCUT2D eigenvalue weighted by molar-refractivity contribution is 5.91. The third-order valence-corrected chi connectivity index (χ3v) is 4.95. The van der Waals surface area contributed by atoms with Crippen LogP contribution in [0, 0.1) is 19.8 Å². The number of ether oxygens (including phenoxy) is 2. The molecule has 0 unspecified atom stereocenters. The largest absolute Gasteiger partial charge is 0.481 e. The summed E-state index contributed by atoms with van der Waals surface area (Å²) < 4.78 is 10.6. The molecule has 0 atom stereocenters. The summed E-state index contributed by atoms with van der Waals surface area (Å²) in [5.41, 5.74) is 2.94. The van der Waals surface area contributed by atoms with E-state index >= 15 is 0 Å². The van der Waals surface area contributed by atoms with Crippen LogP contribution in [0.1, 0.15) is 52.7 Å². The fourth-order valence-corrected chi connectivity index (χ4v) is 3.10. The Labute approximate surface area is 152 Å². The quantitative estimate of drug-likeness (QED) is 0.618. The van der Waals surface area contributed by atoms with Gasteiger partial charge in [0, 0.05) is 6.08 Å². The van der Waals surface area contributed by atoms with E-state index in [0.717, 1.165) is 22.8 Å². The molecule has 1 aliphatic carbocycles. The molecule has 0 radical (unpaired) electrons. The fraction of sp³-hybridized carbons (Fsp3) is 0.450. The Morgan fingerprint density at radius 1 is 1.15 bits per heavy atom. The van der Waals surface area contributed by atoms with Crippen molar-refractivity contribution in [2.75, 3.05) is 0 Å². The second-order valence-corrected chi connectivity index (χ2v) is 6.55. The number of esters is 2. The molecule has 1 aromatic carbocycles. The second-order valence-electron chi connectivity index (χ2n) is 6.55. The summed E-state index contributed by atoms with van der Waals surface area (Å²) in [6.07, 6.45) is 3.04. The van der Waals surface area contributed by atoms with E-state index in [2.05, 4.69) is 6.58 Å². The minimum atomic E-state index is -0.783. The number of carboxylic acids is 1. The number of aliphatic carboxylic acids is 1. The molecule has 6 heteroatoms. The minimum Gasteiger partial charge on any atom is -0.481 e. The Balaban J connectivity index is 2.01. The van der Waals surface area contributed by atoms with Gasteiger partial charge >= 0.3 is 17.9 Å². The molecule has 0 aliphatic heterocycles. The third-order valence-electron chi connectivity index (χ3n) is 4.95. The predicted octanol–water partition coefficient (Wildman–Crippen LogP) is 3.33. The molecule has 26 heavy (non-hydrogen) atoms. The number of carboxylic acid groups (broad SMARTS) is 1. The highest BCUT2D eigenvalue weighted by atomic mass is 16.5. The third kappa shape index (κ3) is 4.71. The van der Waals surface area contributed by atoms with Crippen LogP contribution in [0.25, 0.3) is 0 Å². The molecule has 1 fully saturated rings. The molecule has 0 bridgehead atoms. The van der Waals surface area contributed by atoms with Crippen molar-refractivity contribution in [2.45, 2.75) is 52.2 Å². The maximum absolute atomic E-state index is 12.5. The van der Waals surface area contributed by atoms with Crippen LogP contribution >= 0.6 is 0 Å². The van der Waals surface area contributed by atoms with E-state index in [-0.39, 0.29) is 18.6 Å². The average molecular weight is 360 g/mol. The monoisotopic (exact) mass is 360 g/mol. The fourth-order valence-electron chi connectivity index (χ4n) is 3.10. The SMILES string of the molecule is C=CC(=O)OCc1ccc(C(=O)OC2CCC(C(=O)O)CC2)c(C)c1C. The Morgan fingerprint density at radius 3 is 2.38 bits per heavy atom. The number of benzene rings is 1. The van der Waals surface area contributed by atoms with Gasteiger partial charge in [0.15, 0.2) is 0 Å². The molecule has 0 aromatic heterocycles. The van der Waals surface area contributed by atoms with Crippen LogP contribution in [0.15, 0.2) is 24.8 Å². The number of hydrogen-bond donors (Lipinski definition) is 1. The summed E-state index contributed by atoms with van der Waals surface area (Å²) in [5, 5.41) is 9.03. The van der Waals surface area contributed by atoms with Crippen molar-refractivity contribution in [2.24, 2.45) is 5.92 Å². The Kier molecular flexibility index (Phi) is 6.55. The smallest absolute Gasteiger partial charge is 0.338 e. The van der Waals surface area contributed by atoms with Crippen LogP contribution in [0.2, 0.25) is 0 Å². The zero-order valence-electron chi connectivity index (χ0n) is 15.1. The highest BCUT2D eigenvalue weighted by Crippen LogP contribution is 2.28. The summed E-state index contributed by atoms with van der Waals surface area (Å²) in [7, 11) is 0. The van der Waals surface area contributed by atoms with Gasteiger partial charge in [0.05, 0.1) is 11.5 Å². The van der Waals surface area contributed by atoms with Gasteiger partial charge in [0.1, 0.15) is 12.7 Å². The predicted molar refractivity (Wildman–Crippen MR) is 94.7 cm³/mol. The molecule has 6 nitrogen and oxygen atoms in total. The van der Waals surface area contributed by atoms with Crippen molar-refractivity contribution in [3.05, 3.63) is 47.0 Å². The van der Waals surface area contributed by atoms with Crippen molar-refractivity contribution in [1.29, 1.82) is 0 Å². The minimum absolute atomic E-state index is 0.117. The van der Waals surface area contributed by atoms with Crippen LogP contribution in [0.4, 0.5) is 0 Å². The average Bonchev–Trinajstić information content (AvgIpc) is 2.62. The van der Waals surface area contributed by atoms with Gasteiger partial charge in [0.2, 0.25) is 0 Å². The zero-order valence-corrected chi connectivity index (χ0v) is 15.1. The van der Waals surface area contributed by atoms with Gasteiger partial charge < -0.3 is 14.6 Å². The van der Waals surface area contributed by atoms with E-state index in [4.69, 9.17) is 14.6 Å². The lowest BCUT2D eigenvalue weighted by Crippen LogP contribution is -2.28. The lowest BCUT2D eigenvalue weighted by molar-refractivity contribution is -0.143. The van der Waals surface area contributed by atoms with E-state index in [1.807, 2.05) is 13.8 Å². The lowest BCUT2D eigenvalue weighted by Gasteiger charge is -2.26. The summed E-state index contributed by atoms with van der Waals surface area (Å²) >= 11 is 0. The van der Waals surface area contributed by atoms with Crippen LogP contribution in [0.3, 0.4) is 0 Å². The normalized spacial score (nSPS) is 19.5. The molecule has 0 spiro atoms. The maximum atomic E-state index is 12.5. The van der Waals surface area contributed by atoms with Crippen molar-refractivity contribution in [3.8, 4) is 0 Å². The van der Waals surface area contributed by atoms with Gasteiger partial charge in [-0.2, -0.15) is 0 Å². The molecule has 1 aliphatic rings. The van der Waals surface area contributed by atoms with Crippen molar-refractivity contribution < 1.29 is 29.0 Å². The van der Waals surface area contributed by atoms with Crippen LogP contribution < -0.4 is 0 Å². The molecular formula is C20H24O6. The molecular weight excluding hydrogens is 336 g/mol. The van der Waals surface area contributed by atoms with Crippen molar-refractivity contribution >= 4 is 17.9 Å². The first-order chi connectivity index (χ1) is 12.3. The Morgan fingerprint density at radius 2 is 1.81 bits per heavy atom. The molecule has 1 N–H and O–H groups in total. The van der Waals surface area contributed by atoms with Crippen LogP contribution in [-0.2, 0) is 25.7 Å². The van der Waals surface area contributed by atoms with Gasteiger partial charge in [0.25, 0.3) is 0 Å². The first-order valence-corrected chi connectivity index (χ1v) is 8.65. The van der Waals surface area contributed by atoms with E-state index in [9.17, 15) is 14.4 Å². The van der Waals surface area contributed by atoms with E-state index in [1.165, 1.54) is 0 Å². The van der Waals surface area contributed by atoms with Gasteiger partial charge in [-0.15, -0.1) is 0 Å². The number of hydrogen-bond acceptors (Lipinski definition) is 5. The molecule has 0 heterocycles. The van der Waals surface area contributed by atoms with Crippen molar-refractivity contribution in [3.63, 3.8) is 0 Å². The number of carbonyl (C=O) groups is 3. The Bertz CT molecular complexity index is 713. The number of carbonyl (C=O) groups excluding carboxylic acids is 2. The van der Waals surface area contributed by atoms with Gasteiger partial charge in [-0.05, 0) is 62.3 Å². The summed E-state index contributed by atoms with van der Waals surface area (Å²) in [4.78, 5) is 34.7. The van der Waals surface area contributed by atoms with E-state index < -0.39 is 17.9 Å². The van der Waals surface area contributed by atoms with Gasteiger partial charge in [-0.3, -0.25) is 4.79 Å². The first kappa shape index (κ1) is 19.7.